The largest absolute Gasteiger partial charge is 0.394 e. The fourth-order valence-corrected chi connectivity index (χ4v) is 6.01. The van der Waals surface area contributed by atoms with E-state index in [-0.39, 0.29) is 36.9 Å². The predicted molar refractivity (Wildman–Crippen MR) is 140 cm³/mol. The van der Waals surface area contributed by atoms with Gasteiger partial charge in [-0.05, 0) is 30.0 Å². The molecule has 38 heavy (non-hydrogen) atoms. The second-order valence-corrected chi connectivity index (χ2v) is 9.78. The molecule has 10 nitrogen and oxygen atoms in total. The summed E-state index contributed by atoms with van der Waals surface area (Å²) in [5.74, 6) is -2.89. The third-order valence-electron chi connectivity index (χ3n) is 7.85. The monoisotopic (exact) mass is 516 g/mol. The molecule has 1 aliphatic heterocycles. The second-order valence-electron chi connectivity index (χ2n) is 9.78. The highest BCUT2D eigenvalue weighted by Crippen LogP contribution is 2.47. The van der Waals surface area contributed by atoms with Crippen molar-refractivity contribution < 1.29 is 19.5 Å². The van der Waals surface area contributed by atoms with Gasteiger partial charge >= 0.3 is 0 Å². The maximum Gasteiger partial charge on any atom is 0.244 e. The number of nitrogens with one attached hydrogen (secondary N) is 2. The van der Waals surface area contributed by atoms with Gasteiger partial charge in [0.15, 0.2) is 0 Å². The van der Waals surface area contributed by atoms with Crippen molar-refractivity contribution in [3.63, 3.8) is 0 Å². The van der Waals surface area contributed by atoms with E-state index in [0.29, 0.717) is 11.9 Å². The predicted octanol–water partition coefficient (Wildman–Crippen LogP) is 1.64. The fraction of sp³-hybridized carbons (Fsp3) is 0.393. The number of rotatable bonds is 8. The Morgan fingerprint density at radius 1 is 1.05 bits per heavy atom. The molecule has 2 aliphatic rings. The molecule has 0 spiro atoms. The summed E-state index contributed by atoms with van der Waals surface area (Å²) in [6, 6.07) is 14.9. The number of allylic oxidation sites excluding steroid dienone is 1. The number of para-hydroxylation sites is 1. The molecule has 3 amide bonds. The molecule has 2 heterocycles. The zero-order valence-electron chi connectivity index (χ0n) is 21.4. The summed E-state index contributed by atoms with van der Waals surface area (Å²) in [5, 5.41) is 24.4. The van der Waals surface area contributed by atoms with Crippen molar-refractivity contribution in [1.82, 2.24) is 30.5 Å². The lowest BCUT2D eigenvalue weighted by Gasteiger charge is -2.34. The summed E-state index contributed by atoms with van der Waals surface area (Å²) < 4.78 is 1.59. The van der Waals surface area contributed by atoms with Gasteiger partial charge in [-0.15, -0.1) is 5.10 Å². The number of likely N-dealkylation sites (tertiary alicyclic amines) is 1. The number of aliphatic hydroxyl groups is 1. The van der Waals surface area contributed by atoms with E-state index in [1.165, 1.54) is 4.90 Å². The first-order chi connectivity index (χ1) is 18.5. The van der Waals surface area contributed by atoms with Crippen molar-refractivity contribution in [3.8, 4) is 0 Å². The van der Waals surface area contributed by atoms with Crippen molar-refractivity contribution in [2.75, 3.05) is 13.7 Å². The standard InChI is InChI=1S/C28H32N6O4/c1-3-17-13-14-19-24(23(17)26(36)29-2)28(38)34(22(15-35)18-9-5-4-6-10-18)25(19)27(37)30-16-33-21-12-8-7-11-20(21)31-32-33/h4-14,17,19,22-25,35H,3,15-16H2,1-2H3,(H,29,36)(H,30,37)/t17-,19+,22-,23-,24-,25+/m1/s1. The zero-order chi connectivity index (χ0) is 26.8. The van der Waals surface area contributed by atoms with Gasteiger partial charge < -0.3 is 20.6 Å². The highest BCUT2D eigenvalue weighted by molar-refractivity contribution is 5.97. The van der Waals surface area contributed by atoms with Crippen molar-refractivity contribution >= 4 is 28.8 Å². The Morgan fingerprint density at radius 3 is 2.50 bits per heavy atom. The number of benzene rings is 2. The lowest BCUT2D eigenvalue weighted by molar-refractivity contribution is -0.143. The van der Waals surface area contributed by atoms with E-state index in [4.69, 9.17) is 0 Å². The number of hydrogen-bond donors (Lipinski definition) is 3. The maximum atomic E-state index is 14.1. The highest BCUT2D eigenvalue weighted by atomic mass is 16.3. The van der Waals surface area contributed by atoms with Gasteiger partial charge in [0.25, 0.3) is 0 Å². The van der Waals surface area contributed by atoms with Gasteiger partial charge in [0, 0.05) is 13.0 Å². The van der Waals surface area contributed by atoms with Crippen LogP contribution in [-0.4, -0.2) is 62.4 Å². The molecule has 1 fully saturated rings. The molecule has 3 N–H and O–H groups in total. The number of aliphatic hydroxyl groups excluding tert-OH is 1. The van der Waals surface area contributed by atoms with Gasteiger partial charge in [0.1, 0.15) is 18.2 Å². The summed E-state index contributed by atoms with van der Waals surface area (Å²) >= 11 is 0. The summed E-state index contributed by atoms with van der Waals surface area (Å²) in [5.41, 5.74) is 2.19. The molecule has 6 atom stereocenters. The SMILES string of the molecule is CC[C@@H]1C=C[C@H]2[C@@H](C(=O)N([C@H](CO)c3ccccc3)[C@@H]2C(=O)NCn2nnc3ccccc32)[C@@H]1C(=O)NC. The first-order valence-electron chi connectivity index (χ1n) is 12.9. The molecule has 10 heteroatoms. The molecule has 1 aromatic heterocycles. The minimum atomic E-state index is -0.916. The Morgan fingerprint density at radius 2 is 1.79 bits per heavy atom. The summed E-state index contributed by atoms with van der Waals surface area (Å²) in [6.07, 6.45) is 4.55. The first-order valence-corrected chi connectivity index (χ1v) is 12.9. The minimum absolute atomic E-state index is 0.0601. The molecule has 5 rings (SSSR count). The van der Waals surface area contributed by atoms with Crippen LogP contribution in [0.4, 0.5) is 0 Å². The molecule has 198 valence electrons. The van der Waals surface area contributed by atoms with E-state index in [1.54, 1.807) is 11.7 Å². The molecular weight excluding hydrogens is 484 g/mol. The van der Waals surface area contributed by atoms with Crippen LogP contribution in [-0.2, 0) is 21.1 Å². The van der Waals surface area contributed by atoms with Crippen molar-refractivity contribution in [2.45, 2.75) is 32.1 Å². The highest BCUT2D eigenvalue weighted by Gasteiger charge is 2.58. The van der Waals surface area contributed by atoms with Crippen LogP contribution >= 0.6 is 0 Å². The second kappa shape index (κ2) is 10.7. The average molecular weight is 517 g/mol. The lowest BCUT2D eigenvalue weighted by Crippen LogP contribution is -2.49. The first kappa shape index (κ1) is 25.6. The topological polar surface area (TPSA) is 129 Å². The van der Waals surface area contributed by atoms with E-state index in [9.17, 15) is 19.5 Å². The number of hydrogen-bond acceptors (Lipinski definition) is 6. The molecule has 1 aliphatic carbocycles. The molecule has 0 saturated carbocycles. The quantitative estimate of drug-likeness (QED) is 0.391. The van der Waals surface area contributed by atoms with Gasteiger partial charge in [-0.3, -0.25) is 14.4 Å². The van der Waals surface area contributed by atoms with Crippen LogP contribution in [0.5, 0.6) is 0 Å². The van der Waals surface area contributed by atoms with E-state index < -0.39 is 29.8 Å². The number of fused-ring (bicyclic) bond motifs is 2. The molecule has 2 aromatic carbocycles. The smallest absolute Gasteiger partial charge is 0.244 e. The van der Waals surface area contributed by atoms with Crippen molar-refractivity contribution in [2.24, 2.45) is 23.7 Å². The van der Waals surface area contributed by atoms with E-state index >= 15 is 0 Å². The van der Waals surface area contributed by atoms with Crippen LogP contribution < -0.4 is 10.6 Å². The molecule has 3 aromatic rings. The van der Waals surface area contributed by atoms with E-state index in [0.717, 1.165) is 11.1 Å². The molecule has 0 unspecified atom stereocenters. The van der Waals surface area contributed by atoms with Gasteiger partial charge in [0.05, 0.1) is 30.0 Å². The lowest BCUT2D eigenvalue weighted by atomic mass is 9.69. The normalized spacial score (nSPS) is 25.3. The van der Waals surface area contributed by atoms with Crippen LogP contribution in [0.3, 0.4) is 0 Å². The molecule has 1 saturated heterocycles. The number of amides is 3. The number of aromatic nitrogens is 3. The Bertz CT molecular complexity index is 1360. The summed E-state index contributed by atoms with van der Waals surface area (Å²) in [7, 11) is 1.56. The molecular formula is C28H32N6O4. The number of carbonyl (C=O) groups excluding carboxylic acids is 3. The summed E-state index contributed by atoms with van der Waals surface area (Å²) in [6.45, 7) is 1.68. The van der Waals surface area contributed by atoms with E-state index in [1.807, 2.05) is 73.7 Å². The van der Waals surface area contributed by atoms with Crippen LogP contribution in [0.15, 0.2) is 66.7 Å². The Hall–Kier alpha value is -4.05. The third-order valence-corrected chi connectivity index (χ3v) is 7.85. The summed E-state index contributed by atoms with van der Waals surface area (Å²) in [4.78, 5) is 42.5. The van der Waals surface area contributed by atoms with Crippen LogP contribution in [0.25, 0.3) is 11.0 Å². The number of carbonyl (C=O) groups is 3. The van der Waals surface area contributed by atoms with E-state index in [2.05, 4.69) is 20.9 Å². The Kier molecular flexibility index (Phi) is 7.24. The van der Waals surface area contributed by atoms with Crippen LogP contribution in [0.1, 0.15) is 24.9 Å². The van der Waals surface area contributed by atoms with Gasteiger partial charge in [-0.2, -0.15) is 0 Å². The van der Waals surface area contributed by atoms with Crippen molar-refractivity contribution in [1.29, 1.82) is 0 Å². The zero-order valence-corrected chi connectivity index (χ0v) is 21.4. The van der Waals surface area contributed by atoms with Gasteiger partial charge in [-0.1, -0.05) is 66.8 Å². The Balaban J connectivity index is 1.52. The fourth-order valence-electron chi connectivity index (χ4n) is 6.01. The van der Waals surface area contributed by atoms with Gasteiger partial charge in [0.2, 0.25) is 17.7 Å². The van der Waals surface area contributed by atoms with Crippen LogP contribution in [0.2, 0.25) is 0 Å². The minimum Gasteiger partial charge on any atom is -0.394 e. The molecule has 0 radical (unpaired) electrons. The molecule has 0 bridgehead atoms. The third kappa shape index (κ3) is 4.34. The average Bonchev–Trinajstić information content (AvgIpc) is 3.50. The maximum absolute atomic E-state index is 14.1. The van der Waals surface area contributed by atoms with Gasteiger partial charge in [-0.25, -0.2) is 4.68 Å². The van der Waals surface area contributed by atoms with Crippen molar-refractivity contribution in [3.05, 3.63) is 72.3 Å². The Labute approximate surface area is 220 Å². The number of nitrogens with zero attached hydrogens (tertiary/aromatic N) is 4. The van der Waals surface area contributed by atoms with Crippen LogP contribution in [0, 0.1) is 23.7 Å².